The van der Waals surface area contributed by atoms with Crippen LogP contribution >= 0.6 is 11.6 Å². The quantitative estimate of drug-likeness (QED) is 0.522. The molecule has 0 aliphatic carbocycles. The number of rotatable bonds is 6. The van der Waals surface area contributed by atoms with E-state index in [1.54, 1.807) is 15.9 Å². The number of amides is 2. The number of anilines is 1. The normalized spacial score (nSPS) is 16.5. The molecule has 1 unspecified atom stereocenters. The van der Waals surface area contributed by atoms with Crippen LogP contribution in [-0.4, -0.2) is 55.7 Å². The lowest BCUT2D eigenvalue weighted by atomic mass is 10.0. The Morgan fingerprint density at radius 2 is 2.09 bits per heavy atom. The van der Waals surface area contributed by atoms with Crippen LogP contribution in [0, 0.1) is 0 Å². The van der Waals surface area contributed by atoms with Crippen molar-refractivity contribution >= 4 is 46.2 Å². The number of aromatic nitrogens is 3. The second kappa shape index (κ2) is 10.0. The molecule has 34 heavy (non-hydrogen) atoms. The molecule has 9 nitrogen and oxygen atoms in total. The minimum absolute atomic E-state index is 0.0464. The third-order valence-corrected chi connectivity index (χ3v) is 6.11. The van der Waals surface area contributed by atoms with Crippen molar-refractivity contribution in [3.05, 3.63) is 69.4 Å². The third-order valence-electron chi connectivity index (χ3n) is 5.83. The number of nitrogens with zero attached hydrogens (tertiary/aromatic N) is 4. The number of benzene rings is 1. The molecule has 1 aliphatic heterocycles. The molecule has 1 fully saturated rings. The van der Waals surface area contributed by atoms with Crippen LogP contribution in [0.2, 0.25) is 5.02 Å². The van der Waals surface area contributed by atoms with Crippen LogP contribution in [0.5, 0.6) is 0 Å². The highest BCUT2D eigenvalue weighted by Gasteiger charge is 2.36. The van der Waals surface area contributed by atoms with Crippen LogP contribution in [0.25, 0.3) is 17.0 Å². The molecule has 0 bridgehead atoms. The highest BCUT2D eigenvalue weighted by Crippen LogP contribution is 2.22. The maximum absolute atomic E-state index is 13.3. The molecule has 3 aromatic rings. The molecule has 0 saturated carbocycles. The first-order chi connectivity index (χ1) is 16.4. The smallest absolute Gasteiger partial charge is 0.266 e. The molecule has 1 aliphatic rings. The molecule has 3 heterocycles. The Hall–Kier alpha value is -3.72. The second-order valence-electron chi connectivity index (χ2n) is 8.15. The Morgan fingerprint density at radius 1 is 1.26 bits per heavy atom. The summed E-state index contributed by atoms with van der Waals surface area (Å²) < 4.78 is 0. The van der Waals surface area contributed by atoms with E-state index in [4.69, 9.17) is 17.3 Å². The first kappa shape index (κ1) is 23.4. The van der Waals surface area contributed by atoms with Gasteiger partial charge in [0.15, 0.2) is 0 Å². The summed E-state index contributed by atoms with van der Waals surface area (Å²) >= 11 is 5.85. The van der Waals surface area contributed by atoms with E-state index < -0.39 is 11.6 Å². The first-order valence-electron chi connectivity index (χ1n) is 11.0. The number of fused-ring (bicyclic) bond motifs is 1. The number of halogens is 1. The van der Waals surface area contributed by atoms with Gasteiger partial charge < -0.3 is 20.5 Å². The zero-order chi connectivity index (χ0) is 24.2. The zero-order valence-electron chi connectivity index (χ0n) is 18.7. The summed E-state index contributed by atoms with van der Waals surface area (Å²) in [7, 11) is 0. The largest absolute Gasteiger partial charge is 0.383 e. The molecule has 3 N–H and O–H groups in total. The summed E-state index contributed by atoms with van der Waals surface area (Å²) in [5.41, 5.74) is 7.76. The van der Waals surface area contributed by atoms with Gasteiger partial charge in [-0.3, -0.25) is 14.4 Å². The van der Waals surface area contributed by atoms with Gasteiger partial charge in [0.05, 0.1) is 5.52 Å². The van der Waals surface area contributed by atoms with Crippen molar-refractivity contribution in [2.24, 2.45) is 0 Å². The Labute approximate surface area is 201 Å². The van der Waals surface area contributed by atoms with Crippen LogP contribution in [0.15, 0.2) is 47.7 Å². The minimum Gasteiger partial charge on any atom is -0.383 e. The average Bonchev–Trinajstić information content (AvgIpc) is 2.82. The standard InChI is InChI=1S/C24H25ClN6O3/c1-2-3-20-24(34)30(13-16-4-6-17-19(11-16)28-14-29-22(17)26)8-9-31(20)21(32)7-5-15-10-18(25)23(33)27-12-15/h4-7,10-12,14,20H,2-3,8-9,13H2,1H3,(H,27,33)(H2,26,28,29). The van der Waals surface area contributed by atoms with E-state index in [1.807, 2.05) is 25.1 Å². The van der Waals surface area contributed by atoms with E-state index >= 15 is 0 Å². The average molecular weight is 481 g/mol. The van der Waals surface area contributed by atoms with E-state index in [0.29, 0.717) is 37.4 Å². The summed E-state index contributed by atoms with van der Waals surface area (Å²) in [6.07, 6.45) is 7.21. The van der Waals surface area contributed by atoms with Crippen LogP contribution in [-0.2, 0) is 16.1 Å². The number of aromatic amines is 1. The van der Waals surface area contributed by atoms with E-state index in [2.05, 4.69) is 15.0 Å². The second-order valence-corrected chi connectivity index (χ2v) is 8.56. The predicted molar refractivity (Wildman–Crippen MR) is 131 cm³/mol. The molecular formula is C24H25ClN6O3. The van der Waals surface area contributed by atoms with Gasteiger partial charge in [-0.05, 0) is 41.8 Å². The lowest BCUT2D eigenvalue weighted by Crippen LogP contribution is -2.58. The SMILES string of the molecule is CCCC1C(=O)N(Cc2ccc3c(N)ncnc3c2)CCN1C(=O)C=Cc1c[nH]c(=O)c(Cl)c1. The maximum Gasteiger partial charge on any atom is 0.266 e. The molecule has 10 heteroatoms. The van der Waals surface area contributed by atoms with Crippen molar-refractivity contribution in [1.82, 2.24) is 24.8 Å². The van der Waals surface area contributed by atoms with Crippen molar-refractivity contribution in [1.29, 1.82) is 0 Å². The molecule has 4 rings (SSSR count). The van der Waals surface area contributed by atoms with Crippen molar-refractivity contribution < 1.29 is 9.59 Å². The summed E-state index contributed by atoms with van der Waals surface area (Å²) in [6, 6.07) is 6.64. The summed E-state index contributed by atoms with van der Waals surface area (Å²) in [4.78, 5) is 51.8. The van der Waals surface area contributed by atoms with Crippen molar-refractivity contribution in [3.63, 3.8) is 0 Å². The van der Waals surface area contributed by atoms with Gasteiger partial charge in [0.2, 0.25) is 11.8 Å². The number of nitrogens with two attached hydrogens (primary N) is 1. The zero-order valence-corrected chi connectivity index (χ0v) is 19.5. The van der Waals surface area contributed by atoms with Gasteiger partial charge in [-0.1, -0.05) is 31.0 Å². The van der Waals surface area contributed by atoms with Gasteiger partial charge in [-0.25, -0.2) is 9.97 Å². The number of pyridine rings is 1. The highest BCUT2D eigenvalue weighted by molar-refractivity contribution is 6.30. The van der Waals surface area contributed by atoms with Crippen LogP contribution in [0.1, 0.15) is 30.9 Å². The van der Waals surface area contributed by atoms with Crippen molar-refractivity contribution in [3.8, 4) is 0 Å². The monoisotopic (exact) mass is 480 g/mol. The molecular weight excluding hydrogens is 456 g/mol. The summed E-state index contributed by atoms with van der Waals surface area (Å²) in [5, 5.41) is 0.817. The van der Waals surface area contributed by atoms with Gasteiger partial charge in [-0.15, -0.1) is 0 Å². The fourth-order valence-corrected chi connectivity index (χ4v) is 4.27. The Kier molecular flexibility index (Phi) is 6.93. The van der Waals surface area contributed by atoms with E-state index in [9.17, 15) is 14.4 Å². The summed E-state index contributed by atoms with van der Waals surface area (Å²) in [6.45, 7) is 3.26. The van der Waals surface area contributed by atoms with Crippen molar-refractivity contribution in [2.45, 2.75) is 32.4 Å². The molecule has 176 valence electrons. The van der Waals surface area contributed by atoms with Crippen LogP contribution < -0.4 is 11.3 Å². The summed E-state index contributed by atoms with van der Waals surface area (Å²) in [5.74, 6) is 0.0795. The molecule has 0 spiro atoms. The fourth-order valence-electron chi connectivity index (χ4n) is 4.09. The van der Waals surface area contributed by atoms with Gasteiger partial charge >= 0.3 is 0 Å². The Bertz CT molecular complexity index is 1320. The lowest BCUT2D eigenvalue weighted by Gasteiger charge is -2.40. The van der Waals surface area contributed by atoms with Gasteiger partial charge in [-0.2, -0.15) is 0 Å². The van der Waals surface area contributed by atoms with Gasteiger partial charge in [0.1, 0.15) is 23.2 Å². The number of piperazine rings is 1. The van der Waals surface area contributed by atoms with E-state index in [0.717, 1.165) is 22.9 Å². The van der Waals surface area contributed by atoms with Gasteiger partial charge in [0.25, 0.3) is 5.56 Å². The van der Waals surface area contributed by atoms with Crippen LogP contribution in [0.3, 0.4) is 0 Å². The van der Waals surface area contributed by atoms with E-state index in [-0.39, 0.29) is 16.8 Å². The predicted octanol–water partition coefficient (Wildman–Crippen LogP) is 2.61. The number of carbonyl (C=O) groups is 2. The molecule has 1 aromatic carbocycles. The number of hydrogen-bond acceptors (Lipinski definition) is 6. The first-order valence-corrected chi connectivity index (χ1v) is 11.4. The number of nitrogens with one attached hydrogen (secondary N) is 1. The molecule has 2 aromatic heterocycles. The number of nitrogen functional groups attached to an aromatic ring is 1. The topological polar surface area (TPSA) is 125 Å². The molecule has 1 atom stereocenters. The Balaban J connectivity index is 1.49. The third kappa shape index (κ3) is 4.94. The minimum atomic E-state index is -0.534. The number of hydrogen-bond donors (Lipinski definition) is 2. The number of carbonyl (C=O) groups excluding carboxylic acids is 2. The van der Waals surface area contributed by atoms with Crippen LogP contribution in [0.4, 0.5) is 5.82 Å². The Morgan fingerprint density at radius 3 is 2.85 bits per heavy atom. The van der Waals surface area contributed by atoms with Crippen molar-refractivity contribution in [2.75, 3.05) is 18.8 Å². The maximum atomic E-state index is 13.3. The fraction of sp³-hybridized carbons (Fsp3) is 0.292. The lowest BCUT2D eigenvalue weighted by molar-refractivity contribution is -0.150. The number of H-pyrrole nitrogens is 1. The molecule has 1 saturated heterocycles. The molecule has 0 radical (unpaired) electrons. The highest BCUT2D eigenvalue weighted by atomic mass is 35.5. The van der Waals surface area contributed by atoms with Gasteiger partial charge in [0, 0.05) is 37.3 Å². The molecule has 2 amide bonds. The van der Waals surface area contributed by atoms with E-state index in [1.165, 1.54) is 24.7 Å².